The van der Waals surface area contributed by atoms with Crippen LogP contribution in [0.15, 0.2) is 12.3 Å². The van der Waals surface area contributed by atoms with Crippen molar-refractivity contribution >= 4 is 5.91 Å². The number of amides is 1. The summed E-state index contributed by atoms with van der Waals surface area (Å²) in [6.07, 6.45) is -2.40. The van der Waals surface area contributed by atoms with Crippen LogP contribution in [0.25, 0.3) is 0 Å². The van der Waals surface area contributed by atoms with Crippen LogP contribution >= 0.6 is 0 Å². The molecule has 0 saturated carbocycles. The molecule has 0 bridgehead atoms. The van der Waals surface area contributed by atoms with Crippen molar-refractivity contribution in [3.05, 3.63) is 18.0 Å². The number of hydrogen-bond acceptors (Lipinski definition) is 3. The van der Waals surface area contributed by atoms with Crippen molar-refractivity contribution in [2.24, 2.45) is 5.84 Å². The lowest BCUT2D eigenvalue weighted by Crippen LogP contribution is -2.37. The van der Waals surface area contributed by atoms with Gasteiger partial charge in [0.15, 0.2) is 5.69 Å². The molecule has 0 aliphatic carbocycles. The molecule has 5 nitrogen and oxygen atoms in total. The normalized spacial score (nSPS) is 13.5. The summed E-state index contributed by atoms with van der Waals surface area (Å²) in [5.41, 5.74) is 0.891. The van der Waals surface area contributed by atoms with E-state index in [2.05, 4.69) is 5.10 Å². The lowest BCUT2D eigenvalue weighted by atomic mass is 10.1. The van der Waals surface area contributed by atoms with Crippen LogP contribution in [-0.4, -0.2) is 15.7 Å². The lowest BCUT2D eigenvalue weighted by Gasteiger charge is -2.14. The molecular weight excluding hydrogens is 237 g/mol. The molecule has 1 rings (SSSR count). The molecule has 0 saturated heterocycles. The van der Waals surface area contributed by atoms with Gasteiger partial charge in [-0.25, -0.2) is 5.84 Å². The zero-order valence-corrected chi connectivity index (χ0v) is 9.16. The Kier molecular flexibility index (Phi) is 4.11. The number of nitrogens with one attached hydrogen (secondary N) is 1. The number of hydrazine groups is 1. The molecule has 0 fully saturated rings. The van der Waals surface area contributed by atoms with Gasteiger partial charge in [0.2, 0.25) is 0 Å². The third-order valence-electron chi connectivity index (χ3n) is 2.23. The van der Waals surface area contributed by atoms with Crippen molar-refractivity contribution in [3.8, 4) is 0 Å². The van der Waals surface area contributed by atoms with Crippen LogP contribution < -0.4 is 11.3 Å². The van der Waals surface area contributed by atoms with Crippen molar-refractivity contribution < 1.29 is 18.0 Å². The first kappa shape index (κ1) is 13.5. The second-order valence-electron chi connectivity index (χ2n) is 3.49. The van der Waals surface area contributed by atoms with Crippen LogP contribution in [0.2, 0.25) is 0 Å². The monoisotopic (exact) mass is 250 g/mol. The number of carbonyl (C=O) groups is 1. The summed E-state index contributed by atoms with van der Waals surface area (Å²) >= 11 is 0. The van der Waals surface area contributed by atoms with Crippen LogP contribution in [0.4, 0.5) is 13.2 Å². The third kappa shape index (κ3) is 3.19. The van der Waals surface area contributed by atoms with Gasteiger partial charge in [0.05, 0.1) is 0 Å². The molecule has 1 aromatic rings. The summed E-state index contributed by atoms with van der Waals surface area (Å²) in [4.78, 5) is 11.4. The molecule has 1 amide bonds. The minimum Gasteiger partial charge on any atom is -0.292 e. The SMILES string of the molecule is CCCC(C(=O)NN)n1ccc(C(F)(F)F)n1. The number of aromatic nitrogens is 2. The van der Waals surface area contributed by atoms with E-state index >= 15 is 0 Å². The maximum absolute atomic E-state index is 12.3. The molecule has 1 heterocycles. The topological polar surface area (TPSA) is 72.9 Å². The quantitative estimate of drug-likeness (QED) is 0.479. The van der Waals surface area contributed by atoms with Crippen LogP contribution in [-0.2, 0) is 11.0 Å². The van der Waals surface area contributed by atoms with Gasteiger partial charge >= 0.3 is 6.18 Å². The predicted molar refractivity (Wildman–Crippen MR) is 53.5 cm³/mol. The van der Waals surface area contributed by atoms with E-state index < -0.39 is 23.8 Å². The maximum atomic E-state index is 12.3. The Balaban J connectivity index is 2.96. The Morgan fingerprint density at radius 1 is 1.65 bits per heavy atom. The van der Waals surface area contributed by atoms with Crippen molar-refractivity contribution in [2.75, 3.05) is 0 Å². The maximum Gasteiger partial charge on any atom is 0.435 e. The highest BCUT2D eigenvalue weighted by Gasteiger charge is 2.34. The Labute approximate surface area is 95.7 Å². The Morgan fingerprint density at radius 3 is 2.71 bits per heavy atom. The Bertz CT molecular complexity index is 388. The van der Waals surface area contributed by atoms with Gasteiger partial charge in [-0.2, -0.15) is 18.3 Å². The summed E-state index contributed by atoms with van der Waals surface area (Å²) in [6.45, 7) is 1.81. The minimum atomic E-state index is -4.51. The van der Waals surface area contributed by atoms with E-state index in [0.29, 0.717) is 12.8 Å². The fraction of sp³-hybridized carbons (Fsp3) is 0.556. The number of alkyl halides is 3. The second kappa shape index (κ2) is 5.17. The summed E-state index contributed by atoms with van der Waals surface area (Å²) < 4.78 is 38.0. The highest BCUT2D eigenvalue weighted by atomic mass is 19.4. The lowest BCUT2D eigenvalue weighted by molar-refractivity contribution is -0.142. The number of hydrogen-bond donors (Lipinski definition) is 2. The summed E-state index contributed by atoms with van der Waals surface area (Å²) in [7, 11) is 0. The first-order valence-electron chi connectivity index (χ1n) is 5.03. The van der Waals surface area contributed by atoms with E-state index in [1.165, 1.54) is 0 Å². The van der Waals surface area contributed by atoms with Crippen molar-refractivity contribution in [2.45, 2.75) is 32.0 Å². The van der Waals surface area contributed by atoms with Gasteiger partial charge in [-0.3, -0.25) is 14.9 Å². The largest absolute Gasteiger partial charge is 0.435 e. The molecule has 0 aliphatic rings. The average Bonchev–Trinajstić information content (AvgIpc) is 2.73. The molecule has 0 aromatic carbocycles. The molecule has 3 N–H and O–H groups in total. The standard InChI is InChI=1S/C9H13F3N4O/c1-2-3-6(8(17)14-13)16-5-4-7(15-16)9(10,11)12/h4-6H,2-3,13H2,1H3,(H,14,17). The number of halogens is 3. The molecule has 17 heavy (non-hydrogen) atoms. The Hall–Kier alpha value is -1.57. The van der Waals surface area contributed by atoms with E-state index in [9.17, 15) is 18.0 Å². The zero-order valence-electron chi connectivity index (χ0n) is 9.16. The molecule has 0 spiro atoms. The van der Waals surface area contributed by atoms with Gasteiger partial charge in [0, 0.05) is 6.20 Å². The predicted octanol–water partition coefficient (Wildman–Crippen LogP) is 1.23. The minimum absolute atomic E-state index is 0.363. The van der Waals surface area contributed by atoms with Crippen LogP contribution in [0, 0.1) is 0 Å². The molecule has 1 unspecified atom stereocenters. The molecule has 1 atom stereocenters. The zero-order chi connectivity index (χ0) is 13.1. The molecule has 0 radical (unpaired) electrons. The highest BCUT2D eigenvalue weighted by molar-refractivity contribution is 5.79. The number of nitrogens with zero attached hydrogens (tertiary/aromatic N) is 2. The van der Waals surface area contributed by atoms with Gasteiger partial charge in [0.1, 0.15) is 6.04 Å². The van der Waals surface area contributed by atoms with Crippen LogP contribution in [0.5, 0.6) is 0 Å². The van der Waals surface area contributed by atoms with E-state index in [1.807, 2.05) is 12.3 Å². The fourth-order valence-electron chi connectivity index (χ4n) is 1.42. The molecule has 8 heteroatoms. The Morgan fingerprint density at radius 2 is 2.29 bits per heavy atom. The molecule has 96 valence electrons. The number of carbonyl (C=O) groups excluding carboxylic acids is 1. The van der Waals surface area contributed by atoms with Gasteiger partial charge in [-0.15, -0.1) is 0 Å². The summed E-state index contributed by atoms with van der Waals surface area (Å²) in [6, 6.07) is 0.00742. The second-order valence-corrected chi connectivity index (χ2v) is 3.49. The average molecular weight is 250 g/mol. The van der Waals surface area contributed by atoms with E-state index in [-0.39, 0.29) is 0 Å². The smallest absolute Gasteiger partial charge is 0.292 e. The van der Waals surface area contributed by atoms with Gasteiger partial charge < -0.3 is 0 Å². The number of nitrogens with two attached hydrogens (primary N) is 1. The molecule has 1 aromatic heterocycles. The van der Waals surface area contributed by atoms with Gasteiger partial charge in [-0.05, 0) is 12.5 Å². The van der Waals surface area contributed by atoms with Crippen molar-refractivity contribution in [3.63, 3.8) is 0 Å². The van der Waals surface area contributed by atoms with E-state index in [4.69, 9.17) is 5.84 Å². The van der Waals surface area contributed by atoms with Crippen molar-refractivity contribution in [1.82, 2.24) is 15.2 Å². The van der Waals surface area contributed by atoms with Crippen LogP contribution in [0.1, 0.15) is 31.5 Å². The number of rotatable bonds is 4. The van der Waals surface area contributed by atoms with Crippen molar-refractivity contribution in [1.29, 1.82) is 0 Å². The third-order valence-corrected chi connectivity index (χ3v) is 2.23. The first-order valence-corrected chi connectivity index (χ1v) is 5.03. The van der Waals surface area contributed by atoms with Gasteiger partial charge in [-0.1, -0.05) is 13.3 Å². The van der Waals surface area contributed by atoms with E-state index in [1.54, 1.807) is 0 Å². The molecular formula is C9H13F3N4O. The highest BCUT2D eigenvalue weighted by Crippen LogP contribution is 2.28. The summed E-state index contributed by atoms with van der Waals surface area (Å²) in [5, 5.41) is 3.34. The summed E-state index contributed by atoms with van der Waals surface area (Å²) in [5.74, 6) is 4.40. The van der Waals surface area contributed by atoms with Crippen LogP contribution in [0.3, 0.4) is 0 Å². The molecule has 0 aliphatic heterocycles. The first-order chi connectivity index (χ1) is 7.90. The fourth-order valence-corrected chi connectivity index (χ4v) is 1.42. The van der Waals surface area contributed by atoms with E-state index in [0.717, 1.165) is 16.9 Å². The van der Waals surface area contributed by atoms with Gasteiger partial charge in [0.25, 0.3) is 5.91 Å².